The zero-order chi connectivity index (χ0) is 23.3. The van der Waals surface area contributed by atoms with Crippen molar-refractivity contribution in [3.05, 3.63) is 58.6 Å². The lowest BCUT2D eigenvalue weighted by Gasteiger charge is -2.19. The van der Waals surface area contributed by atoms with Crippen LogP contribution in [0, 0.1) is 0 Å². The molecule has 0 radical (unpaired) electrons. The minimum Gasteiger partial charge on any atom is -0.435 e. The van der Waals surface area contributed by atoms with E-state index in [4.69, 9.17) is 16.3 Å². The van der Waals surface area contributed by atoms with E-state index in [2.05, 4.69) is 9.46 Å². The average Bonchev–Trinajstić information content (AvgIpc) is 3.27. The van der Waals surface area contributed by atoms with Gasteiger partial charge in [-0.15, -0.1) is 0 Å². The second-order valence-electron chi connectivity index (χ2n) is 7.32. The Balaban J connectivity index is 1.69. The van der Waals surface area contributed by atoms with Crippen LogP contribution < -0.4 is 9.46 Å². The lowest BCUT2D eigenvalue weighted by molar-refractivity contribution is -0.0498. The Kier molecular flexibility index (Phi) is 8.05. The largest absolute Gasteiger partial charge is 0.435 e. The van der Waals surface area contributed by atoms with Gasteiger partial charge in [0.2, 0.25) is 10.0 Å². The number of sulfonamides is 1. The highest BCUT2D eigenvalue weighted by atomic mass is 35.5. The Morgan fingerprint density at radius 3 is 2.62 bits per heavy atom. The summed E-state index contributed by atoms with van der Waals surface area (Å²) in [4.78, 5) is 14.0. The van der Waals surface area contributed by atoms with Gasteiger partial charge in [0.25, 0.3) is 5.91 Å². The van der Waals surface area contributed by atoms with Gasteiger partial charge in [0.15, 0.2) is 0 Å². The summed E-state index contributed by atoms with van der Waals surface area (Å²) in [5.74, 6) is -0.411. The second kappa shape index (κ2) is 10.6. The number of ether oxygens (including phenoxy) is 2. The second-order valence-corrected chi connectivity index (χ2v) is 9.46. The van der Waals surface area contributed by atoms with Gasteiger partial charge in [-0.2, -0.15) is 8.78 Å². The van der Waals surface area contributed by atoms with E-state index in [9.17, 15) is 22.0 Å². The molecule has 1 aliphatic heterocycles. The van der Waals surface area contributed by atoms with Crippen molar-refractivity contribution in [3.8, 4) is 5.75 Å². The monoisotopic (exact) mass is 488 g/mol. The number of rotatable bonds is 9. The first-order valence-electron chi connectivity index (χ1n) is 9.86. The Hall–Kier alpha value is -2.27. The minimum absolute atomic E-state index is 0.00124. The number of benzene rings is 2. The van der Waals surface area contributed by atoms with Crippen molar-refractivity contribution in [3.63, 3.8) is 0 Å². The molecule has 1 saturated heterocycles. The fraction of sp³-hybridized carbons (Fsp3) is 0.381. The quantitative estimate of drug-likeness (QED) is 0.582. The third-order valence-corrected chi connectivity index (χ3v) is 6.81. The van der Waals surface area contributed by atoms with E-state index in [0.717, 1.165) is 12.8 Å². The molecule has 0 saturated carbocycles. The van der Waals surface area contributed by atoms with Crippen LogP contribution in [0.3, 0.4) is 0 Å². The number of carbonyl (C=O) groups is 1. The van der Waals surface area contributed by atoms with Crippen LogP contribution in [0.2, 0.25) is 5.02 Å². The average molecular weight is 489 g/mol. The van der Waals surface area contributed by atoms with Crippen molar-refractivity contribution < 1.29 is 31.5 Å². The first kappa shape index (κ1) is 24.4. The van der Waals surface area contributed by atoms with Crippen molar-refractivity contribution in [1.82, 2.24) is 9.62 Å². The van der Waals surface area contributed by atoms with Crippen LogP contribution in [-0.2, 0) is 21.3 Å². The lowest BCUT2D eigenvalue weighted by atomic mass is 10.1. The molecule has 11 heteroatoms. The third-order valence-electron chi connectivity index (χ3n) is 4.91. The van der Waals surface area contributed by atoms with E-state index >= 15 is 0 Å². The molecule has 1 heterocycles. The fourth-order valence-electron chi connectivity index (χ4n) is 3.27. The van der Waals surface area contributed by atoms with E-state index in [0.29, 0.717) is 12.2 Å². The van der Waals surface area contributed by atoms with Gasteiger partial charge in [0.05, 0.1) is 11.1 Å². The molecule has 2 aromatic rings. The molecule has 7 nitrogen and oxygen atoms in total. The molecule has 0 aromatic heterocycles. The molecule has 1 N–H and O–H groups in total. The van der Waals surface area contributed by atoms with Crippen molar-refractivity contribution in [2.24, 2.45) is 0 Å². The summed E-state index contributed by atoms with van der Waals surface area (Å²) >= 11 is 6.10. The third kappa shape index (κ3) is 6.38. The maximum Gasteiger partial charge on any atom is 0.387 e. The van der Waals surface area contributed by atoms with Gasteiger partial charge >= 0.3 is 6.61 Å². The maximum atomic E-state index is 12.8. The van der Waals surface area contributed by atoms with E-state index in [1.807, 2.05) is 0 Å². The summed E-state index contributed by atoms with van der Waals surface area (Å²) in [5, 5.41) is -0.00124. The van der Waals surface area contributed by atoms with Crippen molar-refractivity contribution in [1.29, 1.82) is 0 Å². The summed E-state index contributed by atoms with van der Waals surface area (Å²) in [7, 11) is -2.40. The van der Waals surface area contributed by atoms with Gasteiger partial charge in [-0.1, -0.05) is 23.7 Å². The van der Waals surface area contributed by atoms with Crippen LogP contribution in [0.5, 0.6) is 5.75 Å². The van der Waals surface area contributed by atoms with Crippen molar-refractivity contribution in [2.45, 2.75) is 37.0 Å². The number of hydrogen-bond acceptors (Lipinski definition) is 5. The summed E-state index contributed by atoms with van der Waals surface area (Å²) < 4.78 is 62.2. The van der Waals surface area contributed by atoms with Crippen LogP contribution in [0.4, 0.5) is 8.78 Å². The summed E-state index contributed by atoms with van der Waals surface area (Å²) in [6.07, 6.45) is 1.47. The molecule has 1 unspecified atom stereocenters. The van der Waals surface area contributed by atoms with Crippen LogP contribution in [0.25, 0.3) is 0 Å². The minimum atomic E-state index is -3.94. The summed E-state index contributed by atoms with van der Waals surface area (Å²) in [6, 6.07) is 9.93. The number of alkyl halides is 2. The molecule has 174 valence electrons. The zero-order valence-corrected chi connectivity index (χ0v) is 18.8. The van der Waals surface area contributed by atoms with Crippen LogP contribution in [0.1, 0.15) is 28.8 Å². The predicted octanol–water partition coefficient (Wildman–Crippen LogP) is 3.67. The smallest absolute Gasteiger partial charge is 0.387 e. The van der Waals surface area contributed by atoms with Crippen LogP contribution >= 0.6 is 11.6 Å². The normalized spacial score (nSPS) is 16.3. The van der Waals surface area contributed by atoms with Gasteiger partial charge in [-0.3, -0.25) is 4.79 Å². The van der Waals surface area contributed by atoms with E-state index in [1.165, 1.54) is 35.2 Å². The van der Waals surface area contributed by atoms with Crippen LogP contribution in [0.15, 0.2) is 47.4 Å². The van der Waals surface area contributed by atoms with Gasteiger partial charge in [-0.25, -0.2) is 13.1 Å². The Morgan fingerprint density at radius 2 is 2.00 bits per heavy atom. The predicted molar refractivity (Wildman–Crippen MR) is 114 cm³/mol. The molecule has 1 aliphatic rings. The van der Waals surface area contributed by atoms with E-state index < -0.39 is 22.5 Å². The number of amides is 1. The highest BCUT2D eigenvalue weighted by molar-refractivity contribution is 7.89. The Labute approximate surface area is 190 Å². The lowest BCUT2D eigenvalue weighted by Crippen LogP contribution is -2.32. The van der Waals surface area contributed by atoms with Crippen molar-refractivity contribution >= 4 is 27.5 Å². The number of hydrogen-bond donors (Lipinski definition) is 1. The molecule has 1 atom stereocenters. The highest BCUT2D eigenvalue weighted by Gasteiger charge is 2.24. The Morgan fingerprint density at radius 1 is 1.28 bits per heavy atom. The first-order valence-corrected chi connectivity index (χ1v) is 11.7. The molecule has 1 amide bonds. The maximum absolute atomic E-state index is 12.8. The molecular weight excluding hydrogens is 466 g/mol. The molecule has 3 rings (SSSR count). The zero-order valence-electron chi connectivity index (χ0n) is 17.3. The fourth-order valence-corrected chi connectivity index (χ4v) is 4.86. The molecule has 0 aliphatic carbocycles. The van der Waals surface area contributed by atoms with Gasteiger partial charge in [0.1, 0.15) is 10.6 Å². The van der Waals surface area contributed by atoms with Gasteiger partial charge in [-0.05, 0) is 48.7 Å². The van der Waals surface area contributed by atoms with Gasteiger partial charge < -0.3 is 14.4 Å². The number of carbonyl (C=O) groups excluding carboxylic acids is 1. The standard InChI is InChI=1S/C21H23ClF2N2O5S/c1-26(13-14-4-7-16(8-5-14)31-21(23)24)20(27)15-6-9-18(22)19(11-15)32(28,29)25-12-17-3-2-10-30-17/h4-9,11,17,21,25H,2-3,10,12-13H2,1H3. The van der Waals surface area contributed by atoms with E-state index in [1.54, 1.807) is 19.2 Å². The SMILES string of the molecule is CN(Cc1ccc(OC(F)F)cc1)C(=O)c1ccc(Cl)c(S(=O)(=O)NCC2CCCO2)c1. The van der Waals surface area contributed by atoms with E-state index in [-0.39, 0.29) is 40.4 Å². The number of halogens is 3. The van der Waals surface area contributed by atoms with Crippen molar-refractivity contribution in [2.75, 3.05) is 20.2 Å². The summed E-state index contributed by atoms with van der Waals surface area (Å²) in [6.45, 7) is -2.01. The molecule has 1 fully saturated rings. The Bertz CT molecular complexity index is 1040. The first-order chi connectivity index (χ1) is 15.2. The van der Waals surface area contributed by atoms with Crippen LogP contribution in [-0.4, -0.2) is 52.1 Å². The molecule has 0 bridgehead atoms. The molecular formula is C21H23ClF2N2O5S. The number of nitrogens with zero attached hydrogens (tertiary/aromatic N) is 1. The molecule has 0 spiro atoms. The molecule has 2 aromatic carbocycles. The molecule has 32 heavy (non-hydrogen) atoms. The van der Waals surface area contributed by atoms with Gasteiger partial charge in [0, 0.05) is 32.3 Å². The number of nitrogens with one attached hydrogen (secondary N) is 1. The highest BCUT2D eigenvalue weighted by Crippen LogP contribution is 2.24. The summed E-state index contributed by atoms with van der Waals surface area (Å²) in [5.41, 5.74) is 0.828. The topological polar surface area (TPSA) is 84.9 Å².